The normalized spacial score (nSPS) is 13.8. The molecule has 0 atom stereocenters. The van der Waals surface area contributed by atoms with Gasteiger partial charge in [0.15, 0.2) is 0 Å². The summed E-state index contributed by atoms with van der Waals surface area (Å²) in [5.41, 5.74) is 2.35. The van der Waals surface area contributed by atoms with Crippen molar-refractivity contribution in [2.45, 2.75) is 18.4 Å². The lowest BCUT2D eigenvalue weighted by molar-refractivity contribution is 0.149. The molecular weight excluding hydrogens is 408 g/mol. The van der Waals surface area contributed by atoms with Gasteiger partial charge in [-0.15, -0.1) is 11.8 Å². The Kier molecular flexibility index (Phi) is 7.04. The molecule has 7 heteroatoms. The first-order valence-electron chi connectivity index (χ1n) is 10.4. The minimum Gasteiger partial charge on any atom is -0.410 e. The summed E-state index contributed by atoms with van der Waals surface area (Å²) in [5.74, 6) is 2.49. The number of anilines is 1. The largest absolute Gasteiger partial charge is 0.415 e. The third-order valence-electron chi connectivity index (χ3n) is 5.16. The van der Waals surface area contributed by atoms with E-state index < -0.39 is 0 Å². The van der Waals surface area contributed by atoms with Crippen LogP contribution in [-0.4, -0.2) is 52.9 Å². The third kappa shape index (κ3) is 5.98. The first kappa shape index (κ1) is 21.2. The van der Waals surface area contributed by atoms with Crippen molar-refractivity contribution in [3.63, 3.8) is 0 Å². The van der Waals surface area contributed by atoms with Crippen LogP contribution in [0.4, 0.5) is 10.6 Å². The van der Waals surface area contributed by atoms with Gasteiger partial charge in [0.05, 0.1) is 5.03 Å². The molecule has 1 aromatic carbocycles. The lowest BCUT2D eigenvalue weighted by atomic mass is 10.2. The highest BCUT2D eigenvalue weighted by Crippen LogP contribution is 2.19. The van der Waals surface area contributed by atoms with Gasteiger partial charge in [-0.05, 0) is 54.8 Å². The molecule has 3 aromatic rings. The van der Waals surface area contributed by atoms with Crippen molar-refractivity contribution in [3.8, 4) is 5.75 Å². The molecule has 0 saturated carbocycles. The van der Waals surface area contributed by atoms with E-state index in [2.05, 4.69) is 20.9 Å². The molecule has 31 heavy (non-hydrogen) atoms. The van der Waals surface area contributed by atoms with Gasteiger partial charge in [0, 0.05) is 44.3 Å². The summed E-state index contributed by atoms with van der Waals surface area (Å²) < 4.78 is 5.58. The molecule has 0 N–H and O–H groups in total. The molecule has 0 radical (unpaired) electrons. The number of hydrogen-bond acceptors (Lipinski definition) is 6. The monoisotopic (exact) mass is 434 g/mol. The van der Waals surface area contributed by atoms with Crippen LogP contribution in [-0.2, 0) is 6.42 Å². The summed E-state index contributed by atoms with van der Waals surface area (Å²) in [6, 6.07) is 17.8. The summed E-state index contributed by atoms with van der Waals surface area (Å²) >= 11 is 1.74. The molecule has 160 valence electrons. The molecule has 2 aromatic heterocycles. The summed E-state index contributed by atoms with van der Waals surface area (Å²) in [5, 5.41) is 1.03. The molecule has 1 amide bonds. The Hall–Kier alpha value is -3.06. The number of aromatic nitrogens is 2. The lowest BCUT2D eigenvalue weighted by Crippen LogP contribution is -2.49. The van der Waals surface area contributed by atoms with Crippen molar-refractivity contribution in [3.05, 3.63) is 78.1 Å². The third-order valence-corrected chi connectivity index (χ3v) is 6.11. The zero-order chi connectivity index (χ0) is 21.5. The minimum atomic E-state index is -0.296. The van der Waals surface area contributed by atoms with Crippen LogP contribution in [0.5, 0.6) is 5.75 Å². The van der Waals surface area contributed by atoms with E-state index in [1.165, 1.54) is 5.56 Å². The fourth-order valence-corrected chi connectivity index (χ4v) is 4.22. The van der Waals surface area contributed by atoms with Crippen LogP contribution in [0.1, 0.15) is 11.1 Å². The molecule has 1 aliphatic heterocycles. The first-order chi connectivity index (χ1) is 15.2. The van der Waals surface area contributed by atoms with Crippen molar-refractivity contribution < 1.29 is 9.53 Å². The van der Waals surface area contributed by atoms with Crippen molar-refractivity contribution >= 4 is 23.7 Å². The molecule has 0 unspecified atom stereocenters. The molecule has 0 bridgehead atoms. The summed E-state index contributed by atoms with van der Waals surface area (Å²) in [6.07, 6.45) is 4.32. The van der Waals surface area contributed by atoms with Crippen LogP contribution in [0.3, 0.4) is 0 Å². The summed E-state index contributed by atoms with van der Waals surface area (Å²) in [4.78, 5) is 25.3. The number of aryl methyl sites for hydroxylation is 2. The SMILES string of the molecule is Cc1ccc(N2CCN(C(=O)Oc3ccc(CCSc4ccccn4)cc3)CC2)nc1. The molecule has 4 rings (SSSR count). The van der Waals surface area contributed by atoms with Crippen molar-refractivity contribution in [1.29, 1.82) is 0 Å². The van der Waals surface area contributed by atoms with Crippen molar-refractivity contribution in [2.75, 3.05) is 36.8 Å². The van der Waals surface area contributed by atoms with Crippen molar-refractivity contribution in [1.82, 2.24) is 14.9 Å². The molecular formula is C24H26N4O2S. The average molecular weight is 435 g/mol. The summed E-state index contributed by atoms with van der Waals surface area (Å²) in [6.45, 7) is 4.77. The Balaban J connectivity index is 1.22. The van der Waals surface area contributed by atoms with E-state index in [0.717, 1.165) is 41.7 Å². The number of carbonyl (C=O) groups excluding carboxylic acids is 1. The zero-order valence-corrected chi connectivity index (χ0v) is 18.4. The number of rotatable bonds is 6. The number of carbonyl (C=O) groups is 1. The fourth-order valence-electron chi connectivity index (χ4n) is 3.36. The number of benzene rings is 1. The van der Waals surface area contributed by atoms with Crippen LogP contribution in [0.15, 0.2) is 72.0 Å². The highest BCUT2D eigenvalue weighted by atomic mass is 32.2. The number of thioether (sulfide) groups is 1. The van der Waals surface area contributed by atoms with Gasteiger partial charge in [-0.25, -0.2) is 14.8 Å². The maximum Gasteiger partial charge on any atom is 0.415 e. The van der Waals surface area contributed by atoms with Crippen molar-refractivity contribution in [2.24, 2.45) is 0 Å². The quantitative estimate of drug-likeness (QED) is 0.535. The molecule has 6 nitrogen and oxygen atoms in total. The van der Waals surface area contributed by atoms with Crippen LogP contribution in [0.2, 0.25) is 0 Å². The molecule has 3 heterocycles. The van der Waals surface area contributed by atoms with Gasteiger partial charge in [0.25, 0.3) is 0 Å². The van der Waals surface area contributed by atoms with Crippen LogP contribution in [0.25, 0.3) is 0 Å². The second kappa shape index (κ2) is 10.3. The predicted octanol–water partition coefficient (Wildman–Crippen LogP) is 4.44. The summed E-state index contributed by atoms with van der Waals surface area (Å²) in [7, 11) is 0. The number of amides is 1. The smallest absolute Gasteiger partial charge is 0.410 e. The molecule has 0 aliphatic carbocycles. The Morgan fingerprint density at radius 3 is 2.48 bits per heavy atom. The maximum absolute atomic E-state index is 12.5. The average Bonchev–Trinajstić information content (AvgIpc) is 2.81. The van der Waals surface area contributed by atoms with E-state index >= 15 is 0 Å². The Morgan fingerprint density at radius 2 is 1.81 bits per heavy atom. The van der Waals surface area contributed by atoms with Gasteiger partial charge in [-0.1, -0.05) is 24.3 Å². The maximum atomic E-state index is 12.5. The van der Waals surface area contributed by atoms with Gasteiger partial charge < -0.3 is 14.5 Å². The van der Waals surface area contributed by atoms with Crippen LogP contribution < -0.4 is 9.64 Å². The zero-order valence-electron chi connectivity index (χ0n) is 17.6. The second-order valence-corrected chi connectivity index (χ2v) is 8.56. The van der Waals surface area contributed by atoms with Gasteiger partial charge >= 0.3 is 6.09 Å². The van der Waals surface area contributed by atoms with Gasteiger partial charge in [0.2, 0.25) is 0 Å². The minimum absolute atomic E-state index is 0.296. The number of hydrogen-bond donors (Lipinski definition) is 0. The molecule has 0 spiro atoms. The molecule has 1 fully saturated rings. The topological polar surface area (TPSA) is 58.6 Å². The van der Waals surface area contributed by atoms with Crippen LogP contribution >= 0.6 is 11.8 Å². The lowest BCUT2D eigenvalue weighted by Gasteiger charge is -2.34. The number of ether oxygens (including phenoxy) is 1. The van der Waals surface area contributed by atoms with E-state index in [-0.39, 0.29) is 6.09 Å². The Morgan fingerprint density at radius 1 is 1.00 bits per heavy atom. The standard InChI is InChI=1S/C24H26N4O2S/c1-19-5-10-22(26-18-19)27-13-15-28(16-14-27)24(29)30-21-8-6-20(7-9-21)11-17-31-23-4-2-3-12-25-23/h2-10,12,18H,11,13-17H2,1H3. The number of piperazine rings is 1. The molecule has 1 aliphatic rings. The highest BCUT2D eigenvalue weighted by molar-refractivity contribution is 7.99. The number of pyridine rings is 2. The van der Waals surface area contributed by atoms with E-state index in [1.807, 2.05) is 67.8 Å². The first-order valence-corrected chi connectivity index (χ1v) is 11.4. The van der Waals surface area contributed by atoms with Gasteiger partial charge in [-0.2, -0.15) is 0 Å². The van der Waals surface area contributed by atoms with E-state index in [1.54, 1.807) is 16.7 Å². The predicted molar refractivity (Wildman–Crippen MR) is 124 cm³/mol. The van der Waals surface area contributed by atoms with Gasteiger partial charge in [0.1, 0.15) is 11.6 Å². The highest BCUT2D eigenvalue weighted by Gasteiger charge is 2.23. The Bertz CT molecular complexity index is 973. The fraction of sp³-hybridized carbons (Fsp3) is 0.292. The van der Waals surface area contributed by atoms with E-state index in [9.17, 15) is 4.79 Å². The number of nitrogens with zero attached hydrogens (tertiary/aromatic N) is 4. The van der Waals surface area contributed by atoms with E-state index in [0.29, 0.717) is 18.8 Å². The Labute approximate surface area is 187 Å². The van der Waals surface area contributed by atoms with Crippen LogP contribution in [0, 0.1) is 6.92 Å². The van der Waals surface area contributed by atoms with E-state index in [4.69, 9.17) is 4.74 Å². The second-order valence-electron chi connectivity index (χ2n) is 7.45. The van der Waals surface area contributed by atoms with Gasteiger partial charge in [-0.3, -0.25) is 0 Å². The molecule has 1 saturated heterocycles.